The Labute approximate surface area is 110 Å². The Morgan fingerprint density at radius 3 is 2.78 bits per heavy atom. The Balaban J connectivity index is 1.81. The molecule has 3 atom stereocenters. The van der Waals surface area contributed by atoms with E-state index in [9.17, 15) is 4.79 Å². The highest BCUT2D eigenvalue weighted by atomic mass is 16.1. The lowest BCUT2D eigenvalue weighted by Gasteiger charge is -2.36. The molecule has 3 unspecified atom stereocenters. The van der Waals surface area contributed by atoms with Gasteiger partial charge in [0.05, 0.1) is 6.54 Å². The van der Waals surface area contributed by atoms with Gasteiger partial charge in [-0.1, -0.05) is 12.8 Å². The van der Waals surface area contributed by atoms with E-state index in [0.29, 0.717) is 18.6 Å². The summed E-state index contributed by atoms with van der Waals surface area (Å²) in [6, 6.07) is 1.20. The average Bonchev–Trinajstić information content (AvgIpc) is 2.91. The van der Waals surface area contributed by atoms with Gasteiger partial charge in [0.2, 0.25) is 5.91 Å². The topological polar surface area (TPSA) is 53.2 Å². The second-order valence-electron chi connectivity index (χ2n) is 5.59. The van der Waals surface area contributed by atoms with Crippen LogP contribution in [0.5, 0.6) is 0 Å². The molecule has 1 amide bonds. The Morgan fingerprint density at radius 2 is 2.06 bits per heavy atom. The number of rotatable bonds is 5. The number of likely N-dealkylation sites (N-methyl/N-ethyl adjacent to an activating group) is 1. The maximum absolute atomic E-state index is 11.5. The van der Waals surface area contributed by atoms with Crippen molar-refractivity contribution in [1.82, 2.24) is 16.0 Å². The zero-order valence-corrected chi connectivity index (χ0v) is 11.5. The first-order valence-corrected chi connectivity index (χ1v) is 7.54. The van der Waals surface area contributed by atoms with Gasteiger partial charge in [0.25, 0.3) is 0 Å². The molecule has 2 aliphatic rings. The maximum atomic E-state index is 11.5. The lowest BCUT2D eigenvalue weighted by Crippen LogP contribution is -2.49. The van der Waals surface area contributed by atoms with E-state index in [-0.39, 0.29) is 5.91 Å². The Morgan fingerprint density at radius 1 is 1.22 bits per heavy atom. The minimum atomic E-state index is 0.126. The van der Waals surface area contributed by atoms with E-state index < -0.39 is 0 Å². The first kappa shape index (κ1) is 13.8. The van der Waals surface area contributed by atoms with Crippen LogP contribution >= 0.6 is 0 Å². The van der Waals surface area contributed by atoms with Crippen molar-refractivity contribution in [2.24, 2.45) is 5.92 Å². The fourth-order valence-electron chi connectivity index (χ4n) is 3.45. The highest BCUT2D eigenvalue weighted by molar-refractivity contribution is 5.77. The van der Waals surface area contributed by atoms with Gasteiger partial charge >= 0.3 is 0 Å². The lowest BCUT2D eigenvalue weighted by molar-refractivity contribution is -0.120. The molecule has 104 valence electrons. The summed E-state index contributed by atoms with van der Waals surface area (Å²) in [7, 11) is 0. The van der Waals surface area contributed by atoms with Crippen molar-refractivity contribution in [1.29, 1.82) is 0 Å². The molecule has 1 saturated heterocycles. The Bertz CT molecular complexity index is 264. The largest absolute Gasteiger partial charge is 0.355 e. The van der Waals surface area contributed by atoms with Gasteiger partial charge in [-0.15, -0.1) is 0 Å². The van der Waals surface area contributed by atoms with Crippen molar-refractivity contribution < 1.29 is 4.79 Å². The molecule has 4 heteroatoms. The molecule has 0 radical (unpaired) electrons. The molecule has 2 rings (SSSR count). The minimum Gasteiger partial charge on any atom is -0.355 e. The number of amides is 1. The van der Waals surface area contributed by atoms with Crippen LogP contribution in [0.2, 0.25) is 0 Å². The Hall–Kier alpha value is -0.610. The Kier molecular flexibility index (Phi) is 5.45. The van der Waals surface area contributed by atoms with Crippen LogP contribution in [0.3, 0.4) is 0 Å². The van der Waals surface area contributed by atoms with Crippen molar-refractivity contribution in [3.05, 3.63) is 0 Å². The molecule has 0 bridgehead atoms. The quantitative estimate of drug-likeness (QED) is 0.686. The van der Waals surface area contributed by atoms with Crippen LogP contribution < -0.4 is 16.0 Å². The van der Waals surface area contributed by atoms with E-state index in [1.165, 1.54) is 45.1 Å². The molecule has 0 aromatic rings. The normalized spacial score (nSPS) is 32.4. The van der Waals surface area contributed by atoms with E-state index in [1.54, 1.807) is 0 Å². The SMILES string of the molecule is CCNC(=O)CNC1CCCCC1C1CCCN1. The van der Waals surface area contributed by atoms with Crippen LogP contribution in [0.4, 0.5) is 0 Å². The van der Waals surface area contributed by atoms with E-state index in [1.807, 2.05) is 6.92 Å². The third-order valence-corrected chi connectivity index (χ3v) is 4.33. The lowest BCUT2D eigenvalue weighted by atomic mass is 9.79. The summed E-state index contributed by atoms with van der Waals surface area (Å²) in [4.78, 5) is 11.5. The molecule has 1 heterocycles. The zero-order valence-electron chi connectivity index (χ0n) is 11.5. The molecule has 0 aromatic heterocycles. The van der Waals surface area contributed by atoms with Gasteiger partial charge in [-0.3, -0.25) is 4.79 Å². The summed E-state index contributed by atoms with van der Waals surface area (Å²) in [6.45, 7) is 4.33. The zero-order chi connectivity index (χ0) is 12.8. The second-order valence-corrected chi connectivity index (χ2v) is 5.59. The molecule has 1 aliphatic heterocycles. The summed E-state index contributed by atoms with van der Waals surface area (Å²) in [5.74, 6) is 0.844. The smallest absolute Gasteiger partial charge is 0.233 e. The highest BCUT2D eigenvalue weighted by Crippen LogP contribution is 2.30. The van der Waals surface area contributed by atoms with E-state index in [4.69, 9.17) is 0 Å². The van der Waals surface area contributed by atoms with E-state index in [2.05, 4.69) is 16.0 Å². The fourth-order valence-corrected chi connectivity index (χ4v) is 3.45. The molecule has 1 saturated carbocycles. The standard InChI is InChI=1S/C14H27N3O/c1-2-15-14(18)10-17-13-7-4-3-6-11(13)12-8-5-9-16-12/h11-13,16-17H,2-10H2,1H3,(H,15,18). The van der Waals surface area contributed by atoms with Crippen LogP contribution in [0.1, 0.15) is 45.4 Å². The fraction of sp³-hybridized carbons (Fsp3) is 0.929. The van der Waals surface area contributed by atoms with Crippen LogP contribution in [-0.4, -0.2) is 37.6 Å². The number of carbonyl (C=O) groups is 1. The monoisotopic (exact) mass is 253 g/mol. The van der Waals surface area contributed by atoms with Crippen molar-refractivity contribution in [2.75, 3.05) is 19.6 Å². The number of hydrogen-bond acceptors (Lipinski definition) is 3. The molecule has 18 heavy (non-hydrogen) atoms. The first-order chi connectivity index (χ1) is 8.81. The van der Waals surface area contributed by atoms with Gasteiger partial charge in [0, 0.05) is 18.6 Å². The van der Waals surface area contributed by atoms with E-state index in [0.717, 1.165) is 12.5 Å². The predicted octanol–water partition coefficient (Wildman–Crippen LogP) is 1.02. The van der Waals surface area contributed by atoms with Gasteiger partial charge in [0.1, 0.15) is 0 Å². The third kappa shape index (κ3) is 3.69. The van der Waals surface area contributed by atoms with Crippen LogP contribution in [0, 0.1) is 5.92 Å². The second kappa shape index (κ2) is 7.10. The number of carbonyl (C=O) groups excluding carboxylic acids is 1. The van der Waals surface area contributed by atoms with Gasteiger partial charge < -0.3 is 16.0 Å². The average molecular weight is 253 g/mol. The van der Waals surface area contributed by atoms with Crippen LogP contribution in [0.15, 0.2) is 0 Å². The molecule has 3 N–H and O–H groups in total. The molecule has 1 aliphatic carbocycles. The van der Waals surface area contributed by atoms with E-state index >= 15 is 0 Å². The van der Waals surface area contributed by atoms with Crippen LogP contribution in [0.25, 0.3) is 0 Å². The van der Waals surface area contributed by atoms with Gasteiger partial charge in [-0.25, -0.2) is 0 Å². The first-order valence-electron chi connectivity index (χ1n) is 7.54. The highest BCUT2D eigenvalue weighted by Gasteiger charge is 2.33. The number of hydrogen-bond donors (Lipinski definition) is 3. The summed E-state index contributed by atoms with van der Waals surface area (Å²) < 4.78 is 0. The van der Waals surface area contributed by atoms with Gasteiger partial charge in [0.15, 0.2) is 0 Å². The minimum absolute atomic E-state index is 0.126. The van der Waals surface area contributed by atoms with Crippen molar-refractivity contribution >= 4 is 5.91 Å². The summed E-state index contributed by atoms with van der Waals surface area (Å²) in [5, 5.41) is 9.96. The summed E-state index contributed by atoms with van der Waals surface area (Å²) >= 11 is 0. The molecule has 4 nitrogen and oxygen atoms in total. The molecular weight excluding hydrogens is 226 g/mol. The van der Waals surface area contributed by atoms with Crippen molar-refractivity contribution in [2.45, 2.75) is 57.5 Å². The number of nitrogens with one attached hydrogen (secondary N) is 3. The molecule has 2 fully saturated rings. The summed E-state index contributed by atoms with van der Waals surface area (Å²) in [6.07, 6.45) is 7.81. The van der Waals surface area contributed by atoms with Gasteiger partial charge in [-0.2, -0.15) is 0 Å². The molecule has 0 spiro atoms. The van der Waals surface area contributed by atoms with Crippen molar-refractivity contribution in [3.63, 3.8) is 0 Å². The maximum Gasteiger partial charge on any atom is 0.233 e. The molecule has 0 aromatic carbocycles. The van der Waals surface area contributed by atoms with Crippen molar-refractivity contribution in [3.8, 4) is 0 Å². The third-order valence-electron chi connectivity index (χ3n) is 4.33. The van der Waals surface area contributed by atoms with Gasteiger partial charge in [-0.05, 0) is 45.1 Å². The molecular formula is C14H27N3O. The summed E-state index contributed by atoms with van der Waals surface area (Å²) in [5.41, 5.74) is 0. The predicted molar refractivity (Wildman–Crippen MR) is 73.5 cm³/mol. The van der Waals surface area contributed by atoms with Crippen LogP contribution in [-0.2, 0) is 4.79 Å².